The normalized spacial score (nSPS) is 19.3. The first-order valence-electron chi connectivity index (χ1n) is 31.4. The molecule has 11 rings (SSSR count). The van der Waals surface area contributed by atoms with E-state index in [0.29, 0.717) is 70.4 Å². The maximum absolute atomic E-state index is 12.3. The van der Waals surface area contributed by atoms with Crippen molar-refractivity contribution in [1.29, 1.82) is 0 Å². The van der Waals surface area contributed by atoms with Crippen LogP contribution in [0.5, 0.6) is 0 Å². The van der Waals surface area contributed by atoms with Gasteiger partial charge < -0.3 is 68.7 Å². The SMILES string of the molecule is O=C(OCc1ccccc1)N1CCCC(CI)C1.O=C(OCc1ccccc1)N1CCCC(CO)C1.O=C(OCc1ccccc1)N1CCCC(Cn2ccccc2=O)C1.O=c1cccc[n-]1.O=c1ccccn1CC1CCCNC1.OCC1CCCNC1.[Na+]. The second kappa shape index (κ2) is 44.4. The van der Waals surface area contributed by atoms with Gasteiger partial charge in [0, 0.05) is 101 Å². The summed E-state index contributed by atoms with van der Waals surface area (Å²) in [6, 6.07) is 44.4. The molecule has 5 aliphatic heterocycles. The average molecular weight is 1360 g/mol. The molecule has 3 amide bonds. The summed E-state index contributed by atoms with van der Waals surface area (Å²) in [4.78, 5) is 78.2. The molecule has 5 saturated heterocycles. The Morgan fingerprint density at radius 1 is 0.467 bits per heavy atom. The van der Waals surface area contributed by atoms with Crippen molar-refractivity contribution in [3.63, 3.8) is 0 Å². The number of likely N-dealkylation sites (tertiary alicyclic amines) is 3. The number of nitrogens with zero attached hydrogens (tertiary/aromatic N) is 6. The van der Waals surface area contributed by atoms with Gasteiger partial charge in [-0.15, -0.1) is 0 Å². The molecule has 3 aromatic heterocycles. The predicted octanol–water partition coefficient (Wildman–Crippen LogP) is 6.23. The van der Waals surface area contributed by atoms with Crippen molar-refractivity contribution < 1.29 is 68.4 Å². The first-order chi connectivity index (χ1) is 43.5. The minimum Gasteiger partial charge on any atom is -0.629 e. The molecule has 19 nitrogen and oxygen atoms in total. The van der Waals surface area contributed by atoms with Crippen LogP contribution < -0.4 is 61.9 Å². The number of hydrogen-bond donors (Lipinski definition) is 4. The number of pyridine rings is 3. The van der Waals surface area contributed by atoms with Gasteiger partial charge in [0.25, 0.3) is 11.1 Å². The van der Waals surface area contributed by atoms with Gasteiger partial charge >= 0.3 is 47.8 Å². The number of nitrogens with one attached hydrogen (secondary N) is 2. The third kappa shape index (κ3) is 29.4. The molecule has 0 saturated carbocycles. The Labute approximate surface area is 566 Å². The zero-order chi connectivity index (χ0) is 63.1. The van der Waals surface area contributed by atoms with E-state index >= 15 is 0 Å². The summed E-state index contributed by atoms with van der Waals surface area (Å²) < 4.78 is 20.6. The minimum absolute atomic E-state index is 0. The maximum Gasteiger partial charge on any atom is 1.00 e. The number of aliphatic hydroxyl groups is 2. The molecule has 4 N–H and O–H groups in total. The number of rotatable bonds is 13. The van der Waals surface area contributed by atoms with Crippen LogP contribution in [-0.4, -0.2) is 135 Å². The number of carbonyl (C=O) groups excluding carboxylic acids is 3. The largest absolute Gasteiger partial charge is 1.00 e. The fourth-order valence-electron chi connectivity index (χ4n) is 10.8. The maximum atomic E-state index is 12.3. The standard InChI is InChI=1S/C19H22N2O3.C14H18INO2.C14H19NO3.C11H16N2O.C6H13NO.C5H5NO.Na/c22-18-10-4-5-11-20(18)13-17-9-6-12-21(14-17)19(23)24-15-16-7-2-1-3-8-16;15-9-13-7-4-8-16(10-13)14(17)18-11-12-5-2-1-3-6-12;16-10-13-7-4-8-15(9-13)14(17)18-11-12-5-2-1-3-6-12;14-11-5-1-2-7-13(11)9-10-4-3-6-12-8-10;8-5-6-2-1-3-7-4-6;7-5-3-1-2-4-6-5;/h1-5,7-8,10-11,17H,6,9,12-15H2;1-3,5-6,13H,4,7-11H2;1-3,5-6,13,16H,4,7-11H2;1-2,5,7,10,12H,3-4,6,8-9H2;6-8H,1-5H2;1-4H,(H,6,7);/q;;;;;;+1/p-1. The first-order valence-corrected chi connectivity index (χ1v) is 33.0. The second-order valence-corrected chi connectivity index (χ2v) is 23.9. The molecule has 5 unspecified atom stereocenters. The van der Waals surface area contributed by atoms with Gasteiger partial charge in [-0.3, -0.25) is 9.59 Å². The summed E-state index contributed by atoms with van der Waals surface area (Å²) in [7, 11) is 0. The Balaban J connectivity index is 0.000000204. The Morgan fingerprint density at radius 2 is 0.844 bits per heavy atom. The summed E-state index contributed by atoms with van der Waals surface area (Å²) in [6.07, 6.45) is 15.5. The van der Waals surface area contributed by atoms with Crippen molar-refractivity contribution in [2.24, 2.45) is 29.6 Å². The molecule has 482 valence electrons. The number of ether oxygens (including phenoxy) is 3. The number of aromatic nitrogens is 3. The third-order valence-corrected chi connectivity index (χ3v) is 17.1. The Kier molecular flexibility index (Phi) is 36.8. The molecule has 6 aromatic rings. The molecule has 8 heterocycles. The summed E-state index contributed by atoms with van der Waals surface area (Å²) in [6.45, 7) is 11.6. The Morgan fingerprint density at radius 3 is 1.21 bits per heavy atom. The van der Waals surface area contributed by atoms with Crippen molar-refractivity contribution >= 4 is 40.9 Å². The number of halogens is 1. The number of benzene rings is 3. The zero-order valence-electron chi connectivity index (χ0n) is 52.4. The summed E-state index contributed by atoms with van der Waals surface area (Å²) in [5.74, 6) is 2.25. The van der Waals surface area contributed by atoms with Crippen molar-refractivity contribution in [1.82, 2.24) is 39.5 Å². The Bertz CT molecular complexity index is 2990. The fourth-order valence-corrected chi connectivity index (χ4v) is 11.6. The second-order valence-electron chi connectivity index (χ2n) is 23.0. The van der Waals surface area contributed by atoms with Crippen LogP contribution in [0.3, 0.4) is 0 Å². The van der Waals surface area contributed by atoms with Gasteiger partial charge in [-0.2, -0.15) is 6.20 Å². The summed E-state index contributed by atoms with van der Waals surface area (Å²) in [5, 5.41) is 24.4. The topological polar surface area (TPSA) is 228 Å². The van der Waals surface area contributed by atoms with Crippen LogP contribution in [0.1, 0.15) is 80.9 Å². The van der Waals surface area contributed by atoms with E-state index in [1.54, 1.807) is 61.5 Å². The zero-order valence-corrected chi connectivity index (χ0v) is 56.6. The van der Waals surface area contributed by atoms with E-state index in [0.717, 1.165) is 106 Å². The predicted molar refractivity (Wildman–Crippen MR) is 354 cm³/mol. The molecule has 5 atom stereocenters. The number of alkyl halides is 1. The van der Waals surface area contributed by atoms with Crippen LogP contribution in [0.25, 0.3) is 0 Å². The molecule has 0 aliphatic carbocycles. The monoisotopic (exact) mass is 1360 g/mol. The van der Waals surface area contributed by atoms with Crippen LogP contribution in [0.4, 0.5) is 14.4 Å². The minimum atomic E-state index is -0.281. The van der Waals surface area contributed by atoms with Gasteiger partial charge in [0.05, 0.1) is 5.56 Å². The van der Waals surface area contributed by atoms with Crippen molar-refractivity contribution in [3.8, 4) is 0 Å². The first kappa shape index (κ1) is 74.6. The van der Waals surface area contributed by atoms with Crippen LogP contribution in [-0.2, 0) is 47.1 Å². The van der Waals surface area contributed by atoms with Crippen LogP contribution >= 0.6 is 22.6 Å². The number of amides is 3. The van der Waals surface area contributed by atoms with Crippen molar-refractivity contribution in [2.75, 3.05) is 83.1 Å². The van der Waals surface area contributed by atoms with E-state index in [1.165, 1.54) is 44.4 Å². The van der Waals surface area contributed by atoms with Gasteiger partial charge in [-0.05, 0) is 148 Å². The summed E-state index contributed by atoms with van der Waals surface area (Å²) >= 11 is 2.39. The van der Waals surface area contributed by atoms with Gasteiger partial charge in [0.15, 0.2) is 0 Å². The smallest absolute Gasteiger partial charge is 0.629 e. The molecule has 0 spiro atoms. The molecule has 21 heteroatoms. The number of carbonyl (C=O) groups is 3. The third-order valence-electron chi connectivity index (χ3n) is 15.8. The van der Waals surface area contributed by atoms with Gasteiger partial charge in [0.1, 0.15) is 19.8 Å². The molecule has 5 aliphatic rings. The quantitative estimate of drug-likeness (QED) is 0.0435. The van der Waals surface area contributed by atoms with E-state index in [2.05, 4.69) is 38.2 Å². The molecule has 5 fully saturated rings. The van der Waals surface area contributed by atoms with E-state index < -0.39 is 0 Å². The van der Waals surface area contributed by atoms with Crippen molar-refractivity contribution in [3.05, 3.63) is 212 Å². The van der Waals surface area contributed by atoms with Crippen LogP contribution in [0, 0.1) is 29.6 Å². The van der Waals surface area contributed by atoms with Gasteiger partial charge in [-0.1, -0.05) is 138 Å². The van der Waals surface area contributed by atoms with E-state index in [-0.39, 0.29) is 83.0 Å². The van der Waals surface area contributed by atoms with E-state index in [1.807, 2.05) is 114 Å². The van der Waals surface area contributed by atoms with Crippen LogP contribution in [0.15, 0.2) is 179 Å². The molecule has 0 bridgehead atoms. The average Bonchev–Trinajstić information content (AvgIpc) is 2.54. The van der Waals surface area contributed by atoms with Crippen molar-refractivity contribution in [2.45, 2.75) is 97.1 Å². The number of aliphatic hydroxyl groups excluding tert-OH is 2. The summed E-state index contributed by atoms with van der Waals surface area (Å²) in [5.41, 5.74) is 2.94. The number of piperidine rings is 5. The van der Waals surface area contributed by atoms with Crippen LogP contribution in [0.2, 0.25) is 0 Å². The molecule has 90 heavy (non-hydrogen) atoms. The molecular formula is C69H92IN8NaO11. The molecule has 0 radical (unpaired) electrons. The fraction of sp³-hybridized carbons (Fsp3) is 0.478. The molecular weight excluding hydrogens is 1270 g/mol. The van der Waals surface area contributed by atoms with E-state index in [9.17, 15) is 28.8 Å². The van der Waals surface area contributed by atoms with Gasteiger partial charge in [0.2, 0.25) is 0 Å². The Hall–Kier alpha value is -6.11. The molecule has 3 aromatic carbocycles. The van der Waals surface area contributed by atoms with Gasteiger partial charge in [-0.25, -0.2) is 14.4 Å². The number of hydrogen-bond acceptors (Lipinski definition) is 13. The van der Waals surface area contributed by atoms with E-state index in [4.69, 9.17) is 24.4 Å².